The van der Waals surface area contributed by atoms with Crippen LogP contribution in [-0.4, -0.2) is 5.75 Å². The van der Waals surface area contributed by atoms with Crippen LogP contribution in [-0.2, 0) is 0 Å². The van der Waals surface area contributed by atoms with Gasteiger partial charge in [-0.3, -0.25) is 0 Å². The van der Waals surface area contributed by atoms with Crippen molar-refractivity contribution in [1.82, 2.24) is 0 Å². The molecule has 0 heterocycles. The molecule has 0 atom stereocenters. The van der Waals surface area contributed by atoms with Crippen LogP contribution < -0.4 is 0 Å². The quantitative estimate of drug-likeness (QED) is 0.652. The Balaban J connectivity index is 1.76. The van der Waals surface area contributed by atoms with Gasteiger partial charge < -0.3 is 0 Å². The van der Waals surface area contributed by atoms with E-state index in [0.29, 0.717) is 0 Å². The average Bonchev–Trinajstić information content (AvgIpc) is 2.92. The zero-order valence-corrected chi connectivity index (χ0v) is 8.94. The number of aryl methyl sites for hydroxylation is 1. The lowest BCUT2D eigenvalue weighted by Gasteiger charge is -2.00. The van der Waals surface area contributed by atoms with Crippen molar-refractivity contribution in [3.8, 4) is 0 Å². The number of rotatable bonds is 4. The second kappa shape index (κ2) is 4.19. The maximum absolute atomic E-state index is 2.23. The van der Waals surface area contributed by atoms with E-state index in [0.717, 1.165) is 5.92 Å². The minimum absolute atomic E-state index is 1.07. The molecule has 1 aliphatic carbocycles. The average molecular weight is 192 g/mol. The Labute approximate surface area is 84.7 Å². The molecule has 0 saturated heterocycles. The molecular formula is C12H16S. The molecule has 1 aromatic carbocycles. The first-order valence-electron chi connectivity index (χ1n) is 5.04. The molecule has 0 bridgehead atoms. The molecule has 0 unspecified atom stereocenters. The number of benzene rings is 1. The van der Waals surface area contributed by atoms with E-state index in [1.807, 2.05) is 11.8 Å². The summed E-state index contributed by atoms with van der Waals surface area (Å²) in [4.78, 5) is 1.42. The smallest absolute Gasteiger partial charge is 0.00721 e. The first kappa shape index (κ1) is 9.14. The first-order valence-corrected chi connectivity index (χ1v) is 6.02. The second-order valence-corrected chi connectivity index (χ2v) is 5.06. The highest BCUT2D eigenvalue weighted by Crippen LogP contribution is 2.34. The summed E-state index contributed by atoms with van der Waals surface area (Å²) in [6.07, 6.45) is 4.38. The fourth-order valence-corrected chi connectivity index (χ4v) is 2.40. The highest BCUT2D eigenvalue weighted by molar-refractivity contribution is 7.99. The van der Waals surface area contributed by atoms with E-state index in [-0.39, 0.29) is 0 Å². The van der Waals surface area contributed by atoms with Crippen molar-refractivity contribution >= 4 is 11.8 Å². The van der Waals surface area contributed by atoms with E-state index in [1.165, 1.54) is 35.5 Å². The molecule has 0 aromatic heterocycles. The van der Waals surface area contributed by atoms with Gasteiger partial charge in [-0.15, -0.1) is 11.8 Å². The zero-order chi connectivity index (χ0) is 9.10. The lowest BCUT2D eigenvalue weighted by molar-refractivity contribution is 0.809. The summed E-state index contributed by atoms with van der Waals surface area (Å²) in [6, 6.07) is 8.85. The summed E-state index contributed by atoms with van der Waals surface area (Å²) >= 11 is 2.00. The second-order valence-electron chi connectivity index (χ2n) is 3.89. The van der Waals surface area contributed by atoms with E-state index in [4.69, 9.17) is 0 Å². The van der Waals surface area contributed by atoms with Gasteiger partial charge in [-0.2, -0.15) is 0 Å². The first-order chi connectivity index (χ1) is 6.34. The van der Waals surface area contributed by atoms with E-state index in [9.17, 15) is 0 Å². The molecule has 0 radical (unpaired) electrons. The van der Waals surface area contributed by atoms with Crippen LogP contribution in [0.3, 0.4) is 0 Å². The maximum atomic E-state index is 2.23. The van der Waals surface area contributed by atoms with Crippen molar-refractivity contribution in [2.75, 3.05) is 5.75 Å². The molecule has 1 saturated carbocycles. The van der Waals surface area contributed by atoms with E-state index in [1.54, 1.807) is 0 Å². The van der Waals surface area contributed by atoms with Crippen LogP contribution in [0.4, 0.5) is 0 Å². The number of thioether (sulfide) groups is 1. The molecular weight excluding hydrogens is 176 g/mol. The Kier molecular flexibility index (Phi) is 2.94. The molecule has 0 spiro atoms. The lowest BCUT2D eigenvalue weighted by Crippen LogP contribution is -1.81. The van der Waals surface area contributed by atoms with E-state index in [2.05, 4.69) is 31.2 Å². The molecule has 2 rings (SSSR count). The van der Waals surface area contributed by atoms with Crippen molar-refractivity contribution in [3.05, 3.63) is 29.8 Å². The Hall–Kier alpha value is -0.430. The van der Waals surface area contributed by atoms with Gasteiger partial charge in [0.25, 0.3) is 0 Å². The third-order valence-corrected chi connectivity index (χ3v) is 3.56. The normalized spacial score (nSPS) is 16.1. The summed E-state index contributed by atoms with van der Waals surface area (Å²) < 4.78 is 0. The summed E-state index contributed by atoms with van der Waals surface area (Å²) in [7, 11) is 0. The monoisotopic (exact) mass is 192 g/mol. The van der Waals surface area contributed by atoms with Crippen LogP contribution in [0.15, 0.2) is 29.2 Å². The molecule has 1 aliphatic rings. The standard InChI is InChI=1S/C12H16S/c1-10-2-6-12(7-3-10)13-9-8-11-4-5-11/h2-3,6-7,11H,4-5,8-9H2,1H3. The van der Waals surface area contributed by atoms with Gasteiger partial charge in [0.1, 0.15) is 0 Å². The number of hydrogen-bond donors (Lipinski definition) is 0. The highest BCUT2D eigenvalue weighted by atomic mass is 32.2. The van der Waals surface area contributed by atoms with Crippen LogP contribution in [0.1, 0.15) is 24.8 Å². The Morgan fingerprint density at radius 1 is 1.23 bits per heavy atom. The van der Waals surface area contributed by atoms with Crippen LogP contribution in [0.2, 0.25) is 0 Å². The highest BCUT2D eigenvalue weighted by Gasteiger charge is 2.20. The van der Waals surface area contributed by atoms with Crippen LogP contribution in [0.5, 0.6) is 0 Å². The molecule has 70 valence electrons. The minimum Gasteiger partial charge on any atom is -0.126 e. The van der Waals surface area contributed by atoms with Crippen molar-refractivity contribution in [2.24, 2.45) is 5.92 Å². The van der Waals surface area contributed by atoms with E-state index >= 15 is 0 Å². The fraction of sp³-hybridized carbons (Fsp3) is 0.500. The summed E-state index contributed by atoms with van der Waals surface area (Å²) in [5, 5.41) is 0. The predicted molar refractivity (Wildman–Crippen MR) is 59.2 cm³/mol. The SMILES string of the molecule is Cc1ccc(SCCC2CC2)cc1. The molecule has 1 aromatic rings. The van der Waals surface area contributed by atoms with Crippen molar-refractivity contribution < 1.29 is 0 Å². The van der Waals surface area contributed by atoms with Crippen LogP contribution >= 0.6 is 11.8 Å². The minimum atomic E-state index is 1.07. The van der Waals surface area contributed by atoms with Gasteiger partial charge in [0.2, 0.25) is 0 Å². The third-order valence-electron chi connectivity index (χ3n) is 2.51. The molecule has 1 heteroatoms. The number of hydrogen-bond acceptors (Lipinski definition) is 1. The molecule has 0 nitrogen and oxygen atoms in total. The Morgan fingerprint density at radius 3 is 2.54 bits per heavy atom. The Bertz CT molecular complexity index is 259. The lowest BCUT2D eigenvalue weighted by atomic mass is 10.2. The molecule has 0 amide bonds. The summed E-state index contributed by atoms with van der Waals surface area (Å²) in [6.45, 7) is 2.14. The van der Waals surface area contributed by atoms with Crippen LogP contribution in [0.25, 0.3) is 0 Å². The van der Waals surface area contributed by atoms with Crippen LogP contribution in [0, 0.1) is 12.8 Å². The van der Waals surface area contributed by atoms with Crippen molar-refractivity contribution in [3.63, 3.8) is 0 Å². The molecule has 13 heavy (non-hydrogen) atoms. The fourth-order valence-electron chi connectivity index (χ4n) is 1.38. The van der Waals surface area contributed by atoms with E-state index < -0.39 is 0 Å². The molecule has 0 N–H and O–H groups in total. The summed E-state index contributed by atoms with van der Waals surface area (Å²) in [5.74, 6) is 2.37. The van der Waals surface area contributed by atoms with Gasteiger partial charge in [0.15, 0.2) is 0 Å². The van der Waals surface area contributed by atoms with Gasteiger partial charge in [0.05, 0.1) is 0 Å². The van der Waals surface area contributed by atoms with Gasteiger partial charge in [0, 0.05) is 4.90 Å². The third kappa shape index (κ3) is 3.07. The predicted octanol–water partition coefficient (Wildman–Crippen LogP) is 3.89. The maximum Gasteiger partial charge on any atom is 0.00721 e. The van der Waals surface area contributed by atoms with Gasteiger partial charge in [-0.05, 0) is 37.1 Å². The topological polar surface area (TPSA) is 0 Å². The Morgan fingerprint density at radius 2 is 1.92 bits per heavy atom. The van der Waals surface area contributed by atoms with Crippen molar-refractivity contribution in [2.45, 2.75) is 31.1 Å². The molecule has 1 fully saturated rings. The largest absolute Gasteiger partial charge is 0.126 e. The van der Waals surface area contributed by atoms with Gasteiger partial charge in [-0.1, -0.05) is 30.5 Å². The summed E-state index contributed by atoms with van der Waals surface area (Å²) in [5.41, 5.74) is 1.35. The van der Waals surface area contributed by atoms with Gasteiger partial charge >= 0.3 is 0 Å². The molecule has 0 aliphatic heterocycles. The van der Waals surface area contributed by atoms with Gasteiger partial charge in [-0.25, -0.2) is 0 Å². The van der Waals surface area contributed by atoms with Crippen molar-refractivity contribution in [1.29, 1.82) is 0 Å². The zero-order valence-electron chi connectivity index (χ0n) is 8.12.